The van der Waals surface area contributed by atoms with Crippen molar-refractivity contribution in [1.82, 2.24) is 0 Å². The van der Waals surface area contributed by atoms with Gasteiger partial charge in [-0.15, -0.1) is 0 Å². The highest BCUT2D eigenvalue weighted by molar-refractivity contribution is 4.34. The van der Waals surface area contributed by atoms with Crippen LogP contribution in [0.1, 0.15) is 0 Å². The van der Waals surface area contributed by atoms with Crippen molar-refractivity contribution >= 4 is 0 Å². The monoisotopic (exact) mass is 148 g/mol. The second-order valence-electron chi connectivity index (χ2n) is 1.58. The normalized spacial score (nSPS) is 9.70. The van der Waals surface area contributed by atoms with Crippen LogP contribution in [0.25, 0.3) is 0 Å². The van der Waals surface area contributed by atoms with Crippen LogP contribution in [0, 0.1) is 4.91 Å². The van der Waals surface area contributed by atoms with Gasteiger partial charge in [0.2, 0.25) is 0 Å². The van der Waals surface area contributed by atoms with Crippen molar-refractivity contribution in [1.29, 1.82) is 0 Å². The smallest absolute Gasteiger partial charge is 0.146 e. The summed E-state index contributed by atoms with van der Waals surface area (Å²) in [7, 11) is 0. The number of nitroso groups, excluding NO2 is 1. The minimum Gasteiger partial charge on any atom is -0.354 e. The van der Waals surface area contributed by atoms with Gasteiger partial charge in [-0.2, -0.15) is 4.91 Å². The Morgan fingerprint density at radius 3 is 2.60 bits per heavy atom. The lowest BCUT2D eigenvalue weighted by molar-refractivity contribution is -0.0481. The molecular formula is C5H12N2O3. The van der Waals surface area contributed by atoms with Crippen LogP contribution in [0.3, 0.4) is 0 Å². The second kappa shape index (κ2) is 8.48. The van der Waals surface area contributed by atoms with Crippen LogP contribution < -0.4 is 5.73 Å². The molecule has 0 aromatic carbocycles. The summed E-state index contributed by atoms with van der Waals surface area (Å²) in [5, 5.41) is 2.60. The molecule has 0 fully saturated rings. The molecule has 10 heavy (non-hydrogen) atoms. The van der Waals surface area contributed by atoms with Crippen molar-refractivity contribution in [2.75, 3.05) is 33.1 Å². The Morgan fingerprint density at radius 1 is 1.30 bits per heavy atom. The van der Waals surface area contributed by atoms with Crippen LogP contribution in [-0.2, 0) is 9.47 Å². The number of rotatable bonds is 7. The predicted octanol–water partition coefficient (Wildman–Crippen LogP) is -0.298. The summed E-state index contributed by atoms with van der Waals surface area (Å²) in [6, 6.07) is 0. The molecule has 0 rings (SSSR count). The maximum Gasteiger partial charge on any atom is 0.146 e. The molecule has 0 radical (unpaired) electrons. The van der Waals surface area contributed by atoms with Crippen molar-refractivity contribution in [3.63, 3.8) is 0 Å². The highest BCUT2D eigenvalue weighted by Gasteiger charge is 1.86. The van der Waals surface area contributed by atoms with E-state index in [-0.39, 0.29) is 13.3 Å². The molecule has 0 unspecified atom stereocenters. The largest absolute Gasteiger partial charge is 0.354 e. The number of nitrogens with two attached hydrogens (primary N) is 1. The summed E-state index contributed by atoms with van der Waals surface area (Å²) in [6.45, 7) is 1.64. The third-order valence-corrected chi connectivity index (χ3v) is 0.756. The SMILES string of the molecule is NCCOCOCCN=O. The van der Waals surface area contributed by atoms with Crippen molar-refractivity contribution < 1.29 is 9.47 Å². The first-order chi connectivity index (χ1) is 4.91. The van der Waals surface area contributed by atoms with E-state index < -0.39 is 0 Å². The van der Waals surface area contributed by atoms with Gasteiger partial charge in [-0.1, -0.05) is 5.18 Å². The Balaban J connectivity index is 2.70. The fourth-order valence-corrected chi connectivity index (χ4v) is 0.362. The van der Waals surface area contributed by atoms with Gasteiger partial charge in [0.05, 0.1) is 13.2 Å². The van der Waals surface area contributed by atoms with E-state index in [1.165, 1.54) is 0 Å². The van der Waals surface area contributed by atoms with Gasteiger partial charge in [-0.3, -0.25) is 0 Å². The molecule has 0 saturated heterocycles. The molecule has 0 heterocycles. The van der Waals surface area contributed by atoms with Gasteiger partial charge >= 0.3 is 0 Å². The van der Waals surface area contributed by atoms with Crippen LogP contribution >= 0.6 is 0 Å². The summed E-state index contributed by atoms with van der Waals surface area (Å²) in [4.78, 5) is 9.50. The van der Waals surface area contributed by atoms with Gasteiger partial charge in [0.15, 0.2) is 0 Å². The van der Waals surface area contributed by atoms with Gasteiger partial charge in [0.1, 0.15) is 13.3 Å². The van der Waals surface area contributed by atoms with E-state index in [1.807, 2.05) is 0 Å². The van der Waals surface area contributed by atoms with E-state index in [4.69, 9.17) is 15.2 Å². The zero-order valence-electron chi connectivity index (χ0n) is 5.78. The van der Waals surface area contributed by atoms with E-state index in [1.54, 1.807) is 0 Å². The molecule has 5 heteroatoms. The third kappa shape index (κ3) is 7.48. The lowest BCUT2D eigenvalue weighted by Gasteiger charge is -2.00. The molecule has 60 valence electrons. The highest BCUT2D eigenvalue weighted by Crippen LogP contribution is 1.77. The molecule has 0 spiro atoms. The van der Waals surface area contributed by atoms with Crippen LogP contribution in [0.4, 0.5) is 0 Å². The first-order valence-electron chi connectivity index (χ1n) is 3.06. The van der Waals surface area contributed by atoms with Crippen LogP contribution in [-0.4, -0.2) is 33.1 Å². The average molecular weight is 148 g/mol. The molecule has 0 bridgehead atoms. The van der Waals surface area contributed by atoms with Gasteiger partial charge in [-0.25, -0.2) is 0 Å². The molecule has 0 aliphatic carbocycles. The quantitative estimate of drug-likeness (QED) is 0.305. The average Bonchev–Trinajstić information content (AvgIpc) is 1.97. The van der Waals surface area contributed by atoms with Gasteiger partial charge in [0, 0.05) is 6.54 Å². The molecule has 5 nitrogen and oxygen atoms in total. The van der Waals surface area contributed by atoms with E-state index in [9.17, 15) is 4.91 Å². The van der Waals surface area contributed by atoms with Crippen LogP contribution in [0.2, 0.25) is 0 Å². The Labute approximate surface area is 59.5 Å². The fourth-order valence-electron chi connectivity index (χ4n) is 0.362. The minimum atomic E-state index is 0.173. The predicted molar refractivity (Wildman–Crippen MR) is 36.5 cm³/mol. The Morgan fingerprint density at radius 2 is 2.00 bits per heavy atom. The molecule has 0 aliphatic rings. The van der Waals surface area contributed by atoms with Crippen LogP contribution in [0.5, 0.6) is 0 Å². The molecule has 0 aromatic rings. The third-order valence-electron chi connectivity index (χ3n) is 0.756. The second-order valence-corrected chi connectivity index (χ2v) is 1.58. The Kier molecular flexibility index (Phi) is 8.04. The zero-order valence-corrected chi connectivity index (χ0v) is 5.78. The number of hydrogen-bond donors (Lipinski definition) is 1. The molecule has 2 N–H and O–H groups in total. The van der Waals surface area contributed by atoms with Gasteiger partial charge in [0.25, 0.3) is 0 Å². The fraction of sp³-hybridized carbons (Fsp3) is 1.00. The number of ether oxygens (including phenoxy) is 2. The van der Waals surface area contributed by atoms with Gasteiger partial charge < -0.3 is 15.2 Å². The standard InChI is InChI=1S/C5H12N2O3/c6-1-3-9-5-10-4-2-7-8/h1-6H2. The van der Waals surface area contributed by atoms with E-state index >= 15 is 0 Å². The lowest BCUT2D eigenvalue weighted by Crippen LogP contribution is -2.11. The van der Waals surface area contributed by atoms with E-state index in [0.29, 0.717) is 19.8 Å². The van der Waals surface area contributed by atoms with Crippen LogP contribution in [0.15, 0.2) is 5.18 Å². The maximum atomic E-state index is 9.50. The van der Waals surface area contributed by atoms with Crippen molar-refractivity contribution in [2.24, 2.45) is 10.9 Å². The highest BCUT2D eigenvalue weighted by atomic mass is 16.7. The molecular weight excluding hydrogens is 136 g/mol. The number of hydrogen-bond acceptors (Lipinski definition) is 5. The first-order valence-corrected chi connectivity index (χ1v) is 3.06. The summed E-state index contributed by atoms with van der Waals surface area (Å²) in [6.07, 6.45) is 0. The maximum absolute atomic E-state index is 9.50. The van der Waals surface area contributed by atoms with Gasteiger partial charge in [-0.05, 0) is 0 Å². The molecule has 0 aromatic heterocycles. The number of nitrogens with zero attached hydrogens (tertiary/aromatic N) is 1. The molecule has 0 amide bonds. The minimum absolute atomic E-state index is 0.173. The molecule has 0 aliphatic heterocycles. The van der Waals surface area contributed by atoms with Crippen molar-refractivity contribution in [3.8, 4) is 0 Å². The summed E-state index contributed by atoms with van der Waals surface area (Å²) >= 11 is 0. The zero-order chi connectivity index (χ0) is 7.66. The van der Waals surface area contributed by atoms with E-state index in [2.05, 4.69) is 5.18 Å². The topological polar surface area (TPSA) is 73.9 Å². The van der Waals surface area contributed by atoms with E-state index in [0.717, 1.165) is 0 Å². The Hall–Kier alpha value is -0.520. The summed E-state index contributed by atoms with van der Waals surface area (Å²) < 4.78 is 9.64. The summed E-state index contributed by atoms with van der Waals surface area (Å²) in [5.74, 6) is 0. The first kappa shape index (κ1) is 9.48. The van der Waals surface area contributed by atoms with Crippen molar-refractivity contribution in [2.45, 2.75) is 0 Å². The van der Waals surface area contributed by atoms with Crippen molar-refractivity contribution in [3.05, 3.63) is 4.91 Å². The Bertz CT molecular complexity index is 79.3. The molecule has 0 atom stereocenters. The molecule has 0 saturated carbocycles. The lowest BCUT2D eigenvalue weighted by atomic mass is 10.7. The summed E-state index contributed by atoms with van der Waals surface area (Å²) in [5.41, 5.74) is 5.12.